The van der Waals surface area contributed by atoms with Crippen molar-refractivity contribution >= 4 is 52.0 Å². The molecule has 0 amide bonds. The summed E-state index contributed by atoms with van der Waals surface area (Å²) in [5.74, 6) is 0. The highest BCUT2D eigenvalue weighted by Crippen LogP contribution is 2.35. The second-order valence-electron chi connectivity index (χ2n) is 3.93. The Morgan fingerprint density at radius 3 is 2.69 bits per heavy atom. The van der Waals surface area contributed by atoms with Crippen LogP contribution in [0.2, 0.25) is 10.0 Å². The van der Waals surface area contributed by atoms with Gasteiger partial charge in [-0.1, -0.05) is 41.0 Å². The van der Waals surface area contributed by atoms with Crippen molar-refractivity contribution in [2.24, 2.45) is 9.98 Å². The Morgan fingerprint density at radius 1 is 1.31 bits per heavy atom. The van der Waals surface area contributed by atoms with Crippen molar-refractivity contribution in [2.75, 3.05) is 0 Å². The number of hydrogen-bond acceptors (Lipinski definition) is 2. The van der Waals surface area contributed by atoms with Gasteiger partial charge in [0.25, 0.3) is 0 Å². The zero-order valence-electron chi connectivity index (χ0n) is 8.87. The van der Waals surface area contributed by atoms with E-state index in [0.717, 1.165) is 0 Å². The Kier molecular flexibility index (Phi) is 3.29. The Labute approximate surface area is 109 Å². The molecular formula is C11H10Cl2N2S. The first-order chi connectivity index (χ1) is 7.48. The second kappa shape index (κ2) is 4.40. The number of benzene rings is 1. The summed E-state index contributed by atoms with van der Waals surface area (Å²) < 4.78 is 0.00385. The van der Waals surface area contributed by atoms with Crippen LogP contribution >= 0.6 is 35.0 Å². The molecule has 1 heterocycles. The van der Waals surface area contributed by atoms with E-state index in [1.807, 2.05) is 18.3 Å². The van der Waals surface area contributed by atoms with Gasteiger partial charge in [0.2, 0.25) is 0 Å². The number of hydrogen-bond donors (Lipinski definition) is 0. The highest BCUT2D eigenvalue weighted by atomic mass is 35.5. The zero-order valence-corrected chi connectivity index (χ0v) is 11.2. The second-order valence-corrected chi connectivity index (χ2v) is 6.34. The van der Waals surface area contributed by atoms with Crippen LogP contribution in [0.4, 0.5) is 5.69 Å². The standard InChI is InChI=1S/C11H10Cl2N2S/c1-11(2)6-14-10(16-11)15-8-5-3-4-7(12)9(8)13/h3-6H,1-2H3. The molecule has 0 aromatic heterocycles. The molecule has 0 unspecified atom stereocenters. The Hall–Kier alpha value is -0.510. The van der Waals surface area contributed by atoms with E-state index in [2.05, 4.69) is 23.8 Å². The van der Waals surface area contributed by atoms with E-state index in [1.54, 1.807) is 17.8 Å². The summed E-state index contributed by atoms with van der Waals surface area (Å²) in [7, 11) is 0. The molecule has 0 bridgehead atoms. The van der Waals surface area contributed by atoms with Crippen LogP contribution in [0.5, 0.6) is 0 Å². The molecule has 0 N–H and O–H groups in total. The lowest BCUT2D eigenvalue weighted by molar-refractivity contribution is 0.988. The Balaban J connectivity index is 2.32. The van der Waals surface area contributed by atoms with Gasteiger partial charge in [0, 0.05) is 6.21 Å². The minimum absolute atomic E-state index is 0.00385. The van der Waals surface area contributed by atoms with E-state index in [-0.39, 0.29) is 4.75 Å². The average Bonchev–Trinajstić information content (AvgIpc) is 2.53. The average molecular weight is 273 g/mol. The van der Waals surface area contributed by atoms with Gasteiger partial charge in [-0.05, 0) is 26.0 Å². The molecule has 84 valence electrons. The fourth-order valence-electron chi connectivity index (χ4n) is 1.23. The van der Waals surface area contributed by atoms with Crippen molar-refractivity contribution in [1.29, 1.82) is 0 Å². The maximum absolute atomic E-state index is 6.04. The minimum atomic E-state index is 0.00385. The topological polar surface area (TPSA) is 24.7 Å². The van der Waals surface area contributed by atoms with Gasteiger partial charge < -0.3 is 0 Å². The monoisotopic (exact) mass is 272 g/mol. The third-order valence-electron chi connectivity index (χ3n) is 1.99. The first kappa shape index (κ1) is 12.0. The van der Waals surface area contributed by atoms with Gasteiger partial charge >= 0.3 is 0 Å². The van der Waals surface area contributed by atoms with E-state index in [1.165, 1.54) is 0 Å². The van der Waals surface area contributed by atoms with E-state index >= 15 is 0 Å². The quantitative estimate of drug-likeness (QED) is 0.735. The molecular weight excluding hydrogens is 263 g/mol. The van der Waals surface area contributed by atoms with Gasteiger partial charge in [0.05, 0.1) is 20.5 Å². The molecule has 0 fully saturated rings. The molecule has 0 aliphatic carbocycles. The molecule has 2 nitrogen and oxygen atoms in total. The predicted molar refractivity (Wildman–Crippen MR) is 73.7 cm³/mol. The van der Waals surface area contributed by atoms with Crippen LogP contribution in [0.25, 0.3) is 0 Å². The van der Waals surface area contributed by atoms with Crippen molar-refractivity contribution in [2.45, 2.75) is 18.6 Å². The lowest BCUT2D eigenvalue weighted by atomic mass is 10.2. The van der Waals surface area contributed by atoms with Crippen LogP contribution in [0, 0.1) is 0 Å². The minimum Gasteiger partial charge on any atom is -0.234 e. The van der Waals surface area contributed by atoms with Gasteiger partial charge in [0.1, 0.15) is 0 Å². The molecule has 5 heteroatoms. The lowest BCUT2D eigenvalue weighted by Gasteiger charge is -2.09. The smallest absolute Gasteiger partial charge is 0.188 e. The molecule has 1 aromatic carbocycles. The fraction of sp³-hybridized carbons (Fsp3) is 0.273. The SMILES string of the molecule is CC1(C)C=NC(=Nc2cccc(Cl)c2Cl)S1. The van der Waals surface area contributed by atoms with Crippen LogP contribution < -0.4 is 0 Å². The first-order valence-electron chi connectivity index (χ1n) is 4.75. The maximum atomic E-state index is 6.04. The van der Waals surface area contributed by atoms with Crippen LogP contribution in [0.15, 0.2) is 28.2 Å². The number of nitrogens with zero attached hydrogens (tertiary/aromatic N) is 2. The molecule has 2 rings (SSSR count). The van der Waals surface area contributed by atoms with Crippen LogP contribution in [-0.2, 0) is 0 Å². The molecule has 16 heavy (non-hydrogen) atoms. The highest BCUT2D eigenvalue weighted by molar-refractivity contribution is 8.16. The third kappa shape index (κ3) is 2.59. The van der Waals surface area contributed by atoms with E-state index in [4.69, 9.17) is 23.2 Å². The van der Waals surface area contributed by atoms with Crippen molar-refractivity contribution in [1.82, 2.24) is 0 Å². The summed E-state index contributed by atoms with van der Waals surface area (Å²) in [4.78, 5) is 8.62. The number of halogens is 2. The van der Waals surface area contributed by atoms with E-state index in [9.17, 15) is 0 Å². The van der Waals surface area contributed by atoms with E-state index < -0.39 is 0 Å². The first-order valence-corrected chi connectivity index (χ1v) is 6.32. The Bertz CT molecular complexity index is 481. The van der Waals surface area contributed by atoms with Crippen LogP contribution in [-0.4, -0.2) is 16.1 Å². The molecule has 0 saturated carbocycles. The molecule has 0 saturated heterocycles. The molecule has 0 atom stereocenters. The number of aliphatic imine (C=N–C) groups is 2. The largest absolute Gasteiger partial charge is 0.234 e. The van der Waals surface area contributed by atoms with Crippen LogP contribution in [0.3, 0.4) is 0 Å². The summed E-state index contributed by atoms with van der Waals surface area (Å²) in [6, 6.07) is 5.38. The van der Waals surface area contributed by atoms with Gasteiger partial charge in [-0.15, -0.1) is 0 Å². The summed E-state index contributed by atoms with van der Waals surface area (Å²) in [6.07, 6.45) is 1.88. The van der Waals surface area contributed by atoms with Crippen molar-refractivity contribution in [3.63, 3.8) is 0 Å². The fourth-order valence-corrected chi connectivity index (χ4v) is 2.40. The van der Waals surface area contributed by atoms with Crippen LogP contribution in [0.1, 0.15) is 13.8 Å². The summed E-state index contributed by atoms with van der Waals surface area (Å²) in [5.41, 5.74) is 0.659. The number of thioether (sulfide) groups is 1. The highest BCUT2D eigenvalue weighted by Gasteiger charge is 2.24. The van der Waals surface area contributed by atoms with Gasteiger partial charge in [-0.3, -0.25) is 0 Å². The predicted octanol–water partition coefficient (Wildman–Crippen LogP) is 4.58. The Morgan fingerprint density at radius 2 is 2.06 bits per heavy atom. The van der Waals surface area contributed by atoms with Gasteiger partial charge in [-0.2, -0.15) is 0 Å². The van der Waals surface area contributed by atoms with Crippen molar-refractivity contribution < 1.29 is 0 Å². The third-order valence-corrected chi connectivity index (χ3v) is 3.81. The molecule has 0 spiro atoms. The molecule has 0 radical (unpaired) electrons. The van der Waals surface area contributed by atoms with Gasteiger partial charge in [-0.25, -0.2) is 9.98 Å². The summed E-state index contributed by atoms with van der Waals surface area (Å²) in [6.45, 7) is 4.17. The zero-order chi connectivity index (χ0) is 11.8. The van der Waals surface area contributed by atoms with Crippen molar-refractivity contribution in [3.8, 4) is 0 Å². The molecule has 1 aliphatic heterocycles. The number of rotatable bonds is 1. The van der Waals surface area contributed by atoms with E-state index in [0.29, 0.717) is 20.9 Å². The molecule has 1 aromatic rings. The van der Waals surface area contributed by atoms with Gasteiger partial charge in [0.15, 0.2) is 5.17 Å². The van der Waals surface area contributed by atoms with Crippen molar-refractivity contribution in [3.05, 3.63) is 28.2 Å². The lowest BCUT2D eigenvalue weighted by Crippen LogP contribution is -2.11. The normalized spacial score (nSPS) is 20.6. The number of amidine groups is 1. The summed E-state index contributed by atoms with van der Waals surface area (Å²) >= 11 is 13.6. The maximum Gasteiger partial charge on any atom is 0.188 e. The summed E-state index contributed by atoms with van der Waals surface area (Å²) in [5, 5.41) is 1.70. The molecule has 1 aliphatic rings.